The van der Waals surface area contributed by atoms with Crippen molar-refractivity contribution in [1.29, 1.82) is 0 Å². The maximum Gasteiger partial charge on any atom is 0.249 e. The van der Waals surface area contributed by atoms with Gasteiger partial charge in [-0.15, -0.1) is 0 Å². The number of halogens is 3. The van der Waals surface area contributed by atoms with Crippen LogP contribution < -0.4 is 4.74 Å². The van der Waals surface area contributed by atoms with E-state index in [1.165, 1.54) is 23.2 Å². The molecular weight excluding hydrogens is 395 g/mol. The summed E-state index contributed by atoms with van der Waals surface area (Å²) in [7, 11) is 0. The van der Waals surface area contributed by atoms with Gasteiger partial charge in [-0.2, -0.15) is 5.10 Å². The number of benzene rings is 1. The van der Waals surface area contributed by atoms with Gasteiger partial charge in [0.05, 0.1) is 24.3 Å². The average Bonchev–Trinajstić information content (AvgIpc) is 3.09. The second-order valence-corrected chi connectivity index (χ2v) is 8.78. The highest BCUT2D eigenvalue weighted by molar-refractivity contribution is 5.88. The Labute approximate surface area is 171 Å². The molecule has 1 unspecified atom stereocenters. The topological polar surface area (TPSA) is 54.8 Å². The molecule has 156 valence electrons. The van der Waals surface area contributed by atoms with Gasteiger partial charge in [0.1, 0.15) is 17.5 Å². The summed E-state index contributed by atoms with van der Waals surface area (Å²) < 4.78 is 46.2. The third-order valence-electron chi connectivity index (χ3n) is 6.41. The summed E-state index contributed by atoms with van der Waals surface area (Å²) in [6.07, 6.45) is 5.18. The van der Waals surface area contributed by atoms with Crippen LogP contribution in [0.1, 0.15) is 42.9 Å². The maximum atomic E-state index is 13.6. The van der Waals surface area contributed by atoms with Crippen LogP contribution in [0.3, 0.4) is 0 Å². The van der Waals surface area contributed by atoms with E-state index in [4.69, 9.17) is 4.74 Å². The molecule has 0 radical (unpaired) electrons. The van der Waals surface area contributed by atoms with Crippen LogP contribution in [0.25, 0.3) is 0 Å². The number of rotatable bonds is 5. The Morgan fingerprint density at radius 1 is 1.13 bits per heavy atom. The van der Waals surface area contributed by atoms with Crippen molar-refractivity contribution in [2.24, 2.45) is 15.9 Å². The van der Waals surface area contributed by atoms with Gasteiger partial charge in [0.15, 0.2) is 0 Å². The summed E-state index contributed by atoms with van der Waals surface area (Å²) in [5, 5.41) is 5.58. The zero-order valence-electron chi connectivity index (χ0n) is 16.4. The molecule has 4 aliphatic rings. The molecule has 6 rings (SSSR count). The summed E-state index contributed by atoms with van der Waals surface area (Å²) in [5.41, 5.74) is 0.465. The second-order valence-electron chi connectivity index (χ2n) is 8.78. The van der Waals surface area contributed by atoms with E-state index in [-0.39, 0.29) is 11.3 Å². The Morgan fingerprint density at radius 3 is 2.50 bits per heavy atom. The minimum absolute atomic E-state index is 0.0813. The van der Waals surface area contributed by atoms with Gasteiger partial charge in [-0.3, -0.25) is 4.79 Å². The third-order valence-corrected chi connectivity index (χ3v) is 6.41. The van der Waals surface area contributed by atoms with Crippen LogP contribution in [0.2, 0.25) is 0 Å². The summed E-state index contributed by atoms with van der Waals surface area (Å²) in [6, 6.07) is 4.19. The first-order chi connectivity index (χ1) is 14.3. The lowest BCUT2D eigenvalue weighted by Crippen LogP contribution is -2.69. The molecule has 0 saturated heterocycles. The number of hydrogen-bond acceptors (Lipinski definition) is 4. The zero-order valence-corrected chi connectivity index (χ0v) is 16.4. The lowest BCUT2D eigenvalue weighted by atomic mass is 9.35. The van der Waals surface area contributed by atoms with Crippen molar-refractivity contribution in [2.45, 2.75) is 38.6 Å². The smallest absolute Gasteiger partial charge is 0.249 e. The van der Waals surface area contributed by atoms with Crippen molar-refractivity contribution in [3.63, 3.8) is 0 Å². The van der Waals surface area contributed by atoms with Crippen LogP contribution in [0, 0.1) is 35.2 Å². The first-order valence-electron chi connectivity index (χ1n) is 9.86. The molecular formula is C22H20F3N3O2. The number of aromatic nitrogens is 1. The molecule has 2 heterocycles. The van der Waals surface area contributed by atoms with Crippen LogP contribution >= 0.6 is 0 Å². The van der Waals surface area contributed by atoms with Gasteiger partial charge in [0.2, 0.25) is 11.8 Å². The van der Waals surface area contributed by atoms with Crippen LogP contribution in [0.4, 0.5) is 13.2 Å². The highest BCUT2D eigenvalue weighted by Crippen LogP contribution is 2.74. The number of pyridine rings is 1. The van der Waals surface area contributed by atoms with Gasteiger partial charge in [0, 0.05) is 29.7 Å². The van der Waals surface area contributed by atoms with Crippen molar-refractivity contribution in [3.8, 4) is 5.88 Å². The molecule has 3 aliphatic carbocycles. The fourth-order valence-electron chi connectivity index (χ4n) is 5.18. The van der Waals surface area contributed by atoms with Gasteiger partial charge in [-0.1, -0.05) is 0 Å². The third kappa shape index (κ3) is 2.97. The normalized spacial score (nSPS) is 28.8. The summed E-state index contributed by atoms with van der Waals surface area (Å²) >= 11 is 0. The van der Waals surface area contributed by atoms with Crippen molar-refractivity contribution in [3.05, 3.63) is 59.0 Å². The minimum Gasteiger partial charge on any atom is -0.477 e. The molecule has 0 N–H and O–H groups in total. The quantitative estimate of drug-likeness (QED) is 0.731. The fourth-order valence-corrected chi connectivity index (χ4v) is 5.18. The molecule has 1 aromatic carbocycles. The van der Waals surface area contributed by atoms with Gasteiger partial charge in [0.25, 0.3) is 0 Å². The Morgan fingerprint density at radius 2 is 1.83 bits per heavy atom. The second kappa shape index (κ2) is 6.55. The van der Waals surface area contributed by atoms with E-state index in [9.17, 15) is 18.0 Å². The molecule has 8 heteroatoms. The molecule has 1 aliphatic heterocycles. The molecule has 30 heavy (non-hydrogen) atoms. The van der Waals surface area contributed by atoms with Crippen LogP contribution in [-0.4, -0.2) is 28.7 Å². The number of ether oxygens (including phenoxy) is 1. The van der Waals surface area contributed by atoms with Gasteiger partial charge >= 0.3 is 0 Å². The van der Waals surface area contributed by atoms with E-state index < -0.39 is 28.9 Å². The fraction of sp³-hybridized carbons (Fsp3) is 0.409. The number of carbonyl (C=O) groups excluding carboxylic acids is 1. The largest absolute Gasteiger partial charge is 0.477 e. The van der Waals surface area contributed by atoms with Gasteiger partial charge in [-0.05, 0) is 49.9 Å². The Hall–Kier alpha value is -2.90. The predicted molar refractivity (Wildman–Crippen MR) is 102 cm³/mol. The molecule has 0 spiro atoms. The summed E-state index contributed by atoms with van der Waals surface area (Å²) in [5.74, 6) is -1.46. The number of nitrogens with zero attached hydrogens (tertiary/aromatic N) is 3. The van der Waals surface area contributed by atoms with Crippen molar-refractivity contribution >= 4 is 12.1 Å². The zero-order chi connectivity index (χ0) is 21.1. The highest BCUT2D eigenvalue weighted by atomic mass is 19.1. The monoisotopic (exact) mass is 415 g/mol. The van der Waals surface area contributed by atoms with E-state index in [0.29, 0.717) is 49.3 Å². The first-order valence-corrected chi connectivity index (χ1v) is 9.86. The summed E-state index contributed by atoms with van der Waals surface area (Å²) in [4.78, 5) is 17.2. The van der Waals surface area contributed by atoms with E-state index in [1.807, 2.05) is 0 Å². The standard InChI is InChI=1S/C22H20F3N3O2/c1-13-4-17(25)8-26-19(13)30-12-21-9-22(10-21,11-21)20(29)28-18(2-3-27-28)14-5-15(23)7-16(24)6-14/h3-8,18H,2,9-12H2,1H3. The number of aryl methyl sites for hydroxylation is 1. The number of amides is 1. The summed E-state index contributed by atoms with van der Waals surface area (Å²) in [6.45, 7) is 2.16. The molecule has 3 fully saturated rings. The average molecular weight is 415 g/mol. The number of carbonyl (C=O) groups is 1. The van der Waals surface area contributed by atoms with Crippen molar-refractivity contribution in [2.75, 3.05) is 6.61 Å². The van der Waals surface area contributed by atoms with Crippen LogP contribution in [0.5, 0.6) is 5.88 Å². The van der Waals surface area contributed by atoms with Crippen LogP contribution in [0.15, 0.2) is 35.6 Å². The number of hydrazone groups is 1. The molecule has 2 aromatic rings. The van der Waals surface area contributed by atoms with E-state index in [2.05, 4.69) is 10.1 Å². The van der Waals surface area contributed by atoms with Crippen molar-refractivity contribution in [1.82, 2.24) is 9.99 Å². The molecule has 3 saturated carbocycles. The first kappa shape index (κ1) is 19.1. The maximum absolute atomic E-state index is 13.6. The van der Waals surface area contributed by atoms with Gasteiger partial charge < -0.3 is 4.74 Å². The molecule has 1 amide bonds. The highest BCUT2D eigenvalue weighted by Gasteiger charge is 2.73. The SMILES string of the molecule is Cc1cc(F)cnc1OCC12CC(C(=O)N3N=CCC3c3cc(F)cc(F)c3)(C1)C2. The Kier molecular flexibility index (Phi) is 4.17. The van der Waals surface area contributed by atoms with E-state index >= 15 is 0 Å². The minimum atomic E-state index is -0.671. The van der Waals surface area contributed by atoms with E-state index in [1.54, 1.807) is 13.1 Å². The number of hydrogen-bond donors (Lipinski definition) is 0. The van der Waals surface area contributed by atoms with Crippen molar-refractivity contribution < 1.29 is 22.7 Å². The van der Waals surface area contributed by atoms with Gasteiger partial charge in [-0.25, -0.2) is 23.2 Å². The molecule has 1 aromatic heterocycles. The lowest BCUT2D eigenvalue weighted by Gasteiger charge is -2.69. The van der Waals surface area contributed by atoms with Crippen LogP contribution in [-0.2, 0) is 4.79 Å². The Bertz CT molecular complexity index is 1030. The predicted octanol–water partition coefficient (Wildman–Crippen LogP) is 4.32. The molecule has 2 bridgehead atoms. The Balaban J connectivity index is 1.24. The van der Waals surface area contributed by atoms with E-state index in [0.717, 1.165) is 12.3 Å². The molecule has 1 atom stereocenters. The lowest BCUT2D eigenvalue weighted by molar-refractivity contribution is -0.227. The molecule has 5 nitrogen and oxygen atoms in total.